The van der Waals surface area contributed by atoms with Crippen LogP contribution < -0.4 is 16.2 Å². The van der Waals surface area contributed by atoms with Crippen LogP contribution in [0.5, 0.6) is 0 Å². The number of piperidine rings is 1. The summed E-state index contributed by atoms with van der Waals surface area (Å²) < 4.78 is 7.19. The van der Waals surface area contributed by atoms with E-state index < -0.39 is 0 Å². The van der Waals surface area contributed by atoms with Crippen molar-refractivity contribution in [1.82, 2.24) is 14.5 Å². The Morgan fingerprint density at radius 2 is 2.03 bits per heavy atom. The minimum Gasteiger partial charge on any atom is -0.382 e. The lowest BCUT2D eigenvalue weighted by molar-refractivity contribution is 0.133. The Morgan fingerprint density at radius 3 is 2.67 bits per heavy atom. The highest BCUT2D eigenvalue weighted by molar-refractivity contribution is 7.99. The second kappa shape index (κ2) is 9.25. The van der Waals surface area contributed by atoms with E-state index in [-0.39, 0.29) is 11.4 Å². The van der Waals surface area contributed by atoms with Crippen molar-refractivity contribution in [3.05, 3.63) is 33.3 Å². The maximum atomic E-state index is 13.0. The molecule has 0 atom stereocenters. The predicted molar refractivity (Wildman–Crippen MR) is 118 cm³/mol. The standard InChI is InChI=1S/C19H24ClN5O2S.CHN/c1-12-14(20)13(3-7-22-12)28-15-16(21)23-18(24(2)17(15)26)25-8-4-19(5-9-25)6-10-27-11-19;1-2/h3,7H,4-6,8-11,21H2,1-2H3;1H. The molecule has 2 aliphatic heterocycles. The van der Waals surface area contributed by atoms with Gasteiger partial charge in [0.05, 0.1) is 17.3 Å². The lowest BCUT2D eigenvalue weighted by Crippen LogP contribution is -2.43. The maximum absolute atomic E-state index is 13.0. The Kier molecular flexibility index (Phi) is 6.91. The Labute approximate surface area is 185 Å². The van der Waals surface area contributed by atoms with E-state index in [9.17, 15) is 4.79 Å². The molecule has 0 amide bonds. The molecule has 2 fully saturated rings. The number of nitrogen functional groups attached to an aromatic ring is 1. The number of ether oxygens (including phenoxy) is 1. The largest absolute Gasteiger partial charge is 0.382 e. The van der Waals surface area contributed by atoms with Gasteiger partial charge in [-0.1, -0.05) is 23.4 Å². The first-order valence-electron chi connectivity index (χ1n) is 9.64. The van der Waals surface area contributed by atoms with Crippen molar-refractivity contribution in [3.8, 4) is 6.57 Å². The van der Waals surface area contributed by atoms with E-state index in [1.54, 1.807) is 23.9 Å². The van der Waals surface area contributed by atoms with Gasteiger partial charge in [-0.3, -0.25) is 14.3 Å². The first-order valence-corrected chi connectivity index (χ1v) is 10.8. The van der Waals surface area contributed by atoms with Crippen LogP contribution >= 0.6 is 23.4 Å². The van der Waals surface area contributed by atoms with E-state index >= 15 is 0 Å². The molecule has 0 unspecified atom stereocenters. The van der Waals surface area contributed by atoms with E-state index in [0.29, 0.717) is 27.0 Å². The average Bonchev–Trinajstić information content (AvgIpc) is 3.21. The summed E-state index contributed by atoms with van der Waals surface area (Å²) in [6.07, 6.45) is 4.88. The number of nitrogens with two attached hydrogens (primary N) is 1. The number of hydrogen-bond acceptors (Lipinski definition) is 8. The van der Waals surface area contributed by atoms with Crippen LogP contribution in [0.15, 0.2) is 26.8 Å². The van der Waals surface area contributed by atoms with Crippen LogP contribution in [-0.2, 0) is 11.8 Å². The molecule has 30 heavy (non-hydrogen) atoms. The molecule has 0 aromatic carbocycles. The molecule has 2 aromatic heterocycles. The molecule has 10 heteroatoms. The monoisotopic (exact) mass is 448 g/mol. The predicted octanol–water partition coefficient (Wildman–Crippen LogP) is 3.02. The molecule has 4 rings (SSSR count). The molecule has 0 aliphatic carbocycles. The number of nitrogens with zero attached hydrogens (tertiary/aromatic N) is 5. The van der Waals surface area contributed by atoms with Gasteiger partial charge in [-0.2, -0.15) is 4.98 Å². The van der Waals surface area contributed by atoms with Crippen molar-refractivity contribution >= 4 is 35.1 Å². The van der Waals surface area contributed by atoms with Crippen LogP contribution in [0.1, 0.15) is 25.0 Å². The molecular formula is C20H25ClN6O2S. The third kappa shape index (κ3) is 4.26. The van der Waals surface area contributed by atoms with Gasteiger partial charge in [-0.05, 0) is 37.7 Å². The molecule has 4 heterocycles. The number of aromatic nitrogens is 3. The molecule has 2 saturated heterocycles. The van der Waals surface area contributed by atoms with E-state index in [1.165, 1.54) is 11.8 Å². The van der Waals surface area contributed by atoms with E-state index in [0.717, 1.165) is 50.5 Å². The molecule has 2 aromatic rings. The molecular weight excluding hydrogens is 424 g/mol. The molecule has 160 valence electrons. The Bertz CT molecular complexity index is 993. The summed E-state index contributed by atoms with van der Waals surface area (Å²) in [5, 5.41) is 7.03. The van der Waals surface area contributed by atoms with Crippen LogP contribution in [0.4, 0.5) is 11.8 Å². The highest BCUT2D eigenvalue weighted by Crippen LogP contribution is 2.40. The van der Waals surface area contributed by atoms with Crippen LogP contribution in [0.3, 0.4) is 0 Å². The molecule has 8 nitrogen and oxygen atoms in total. The molecule has 0 bridgehead atoms. The van der Waals surface area contributed by atoms with Gasteiger partial charge in [-0.25, -0.2) is 5.26 Å². The topological polar surface area (TPSA) is 110 Å². The third-order valence-corrected chi connectivity index (χ3v) is 7.52. The number of hydrogen-bond donors (Lipinski definition) is 1. The van der Waals surface area contributed by atoms with Crippen molar-refractivity contribution in [1.29, 1.82) is 5.26 Å². The zero-order chi connectivity index (χ0) is 21.9. The second-order valence-electron chi connectivity index (χ2n) is 7.59. The minimum atomic E-state index is -0.164. The summed E-state index contributed by atoms with van der Waals surface area (Å²) >= 11 is 7.57. The summed E-state index contributed by atoms with van der Waals surface area (Å²) in [6.45, 7) is 8.73. The zero-order valence-electron chi connectivity index (χ0n) is 17.1. The Balaban J connectivity index is 0.00000124. The van der Waals surface area contributed by atoms with Crippen molar-refractivity contribution < 1.29 is 4.74 Å². The van der Waals surface area contributed by atoms with Crippen LogP contribution in [-0.4, -0.2) is 40.8 Å². The van der Waals surface area contributed by atoms with Crippen LogP contribution in [0.25, 0.3) is 0 Å². The number of pyridine rings is 1. The highest BCUT2D eigenvalue weighted by Gasteiger charge is 2.38. The normalized spacial score (nSPS) is 17.6. The third-order valence-electron chi connectivity index (χ3n) is 5.78. The number of rotatable bonds is 3. The smallest absolute Gasteiger partial charge is 0.270 e. The number of anilines is 2. The van der Waals surface area contributed by atoms with Gasteiger partial charge >= 0.3 is 0 Å². The van der Waals surface area contributed by atoms with Gasteiger partial charge < -0.3 is 15.4 Å². The minimum absolute atomic E-state index is 0.164. The fourth-order valence-corrected chi connectivity index (χ4v) is 5.09. The highest BCUT2D eigenvalue weighted by atomic mass is 35.5. The molecule has 0 radical (unpaired) electrons. The summed E-state index contributed by atoms with van der Waals surface area (Å²) in [7, 11) is 1.75. The van der Waals surface area contributed by atoms with Crippen LogP contribution in [0, 0.1) is 24.2 Å². The Morgan fingerprint density at radius 1 is 1.33 bits per heavy atom. The summed E-state index contributed by atoms with van der Waals surface area (Å²) in [4.78, 5) is 25.0. The van der Waals surface area contributed by atoms with Crippen molar-refractivity contribution in [2.45, 2.75) is 36.0 Å². The lowest BCUT2D eigenvalue weighted by Gasteiger charge is -2.39. The summed E-state index contributed by atoms with van der Waals surface area (Å²) in [5.74, 6) is 0.857. The van der Waals surface area contributed by atoms with Gasteiger partial charge in [0.1, 0.15) is 10.7 Å². The molecule has 1 spiro atoms. The van der Waals surface area contributed by atoms with E-state index in [1.807, 2.05) is 6.92 Å². The first kappa shape index (κ1) is 22.4. The maximum Gasteiger partial charge on any atom is 0.270 e. The number of nitriles is 1. The summed E-state index contributed by atoms with van der Waals surface area (Å²) in [5.41, 5.74) is 7.05. The first-order chi connectivity index (χ1) is 14.4. The van der Waals surface area contributed by atoms with Gasteiger partial charge in [-0.15, -0.1) is 0 Å². The lowest BCUT2D eigenvalue weighted by atomic mass is 9.78. The van der Waals surface area contributed by atoms with Gasteiger partial charge in [0.25, 0.3) is 5.56 Å². The second-order valence-corrected chi connectivity index (χ2v) is 9.02. The van der Waals surface area contributed by atoms with Crippen molar-refractivity contribution in [3.63, 3.8) is 0 Å². The number of halogens is 1. The van der Waals surface area contributed by atoms with Gasteiger partial charge in [0.15, 0.2) is 0 Å². The van der Waals surface area contributed by atoms with E-state index in [4.69, 9.17) is 27.3 Å². The molecule has 2 aliphatic rings. The average molecular weight is 449 g/mol. The van der Waals surface area contributed by atoms with Gasteiger partial charge in [0, 0.05) is 44.4 Å². The SMILES string of the molecule is C#N.Cc1nccc(Sc2c(N)nc(N3CCC4(CCOC4)CC3)n(C)c2=O)c1Cl. The molecule has 0 saturated carbocycles. The van der Waals surface area contributed by atoms with Gasteiger partial charge in [0.2, 0.25) is 5.95 Å². The van der Waals surface area contributed by atoms with Crippen molar-refractivity contribution in [2.75, 3.05) is 36.9 Å². The Hall–Kier alpha value is -2.28. The number of aryl methyl sites for hydroxylation is 1. The van der Waals surface area contributed by atoms with Crippen molar-refractivity contribution in [2.24, 2.45) is 12.5 Å². The quantitative estimate of drug-likeness (QED) is 0.762. The fourth-order valence-electron chi connectivity index (χ4n) is 3.90. The molecule has 2 N–H and O–H groups in total. The van der Waals surface area contributed by atoms with Crippen LogP contribution in [0.2, 0.25) is 5.02 Å². The summed E-state index contributed by atoms with van der Waals surface area (Å²) in [6, 6.07) is 1.78. The fraction of sp³-hybridized carbons (Fsp3) is 0.500. The zero-order valence-corrected chi connectivity index (χ0v) is 18.7. The van der Waals surface area contributed by atoms with E-state index in [2.05, 4.69) is 21.4 Å².